The van der Waals surface area contributed by atoms with Gasteiger partial charge in [0.05, 0.1) is 18.3 Å². The summed E-state index contributed by atoms with van der Waals surface area (Å²) >= 11 is 0. The largest absolute Gasteiger partial charge is 0.390 e. The maximum absolute atomic E-state index is 11.1. The first kappa shape index (κ1) is 20.6. The standard InChI is InChI=1S/C21H36O4/c1-14(10-13-25-6)8-9-15-20(4)12-7-11-19(2,3)17(20)16(22)18(23)21(15,5)24/h8-10,15-18,22-24H,7,11-13H2,1-6H3/b9-8+,14-10-/t15-,16-,17?,18+,20-,21+/m1/s1. The van der Waals surface area contributed by atoms with Gasteiger partial charge >= 0.3 is 0 Å². The van der Waals surface area contributed by atoms with E-state index >= 15 is 0 Å². The van der Waals surface area contributed by atoms with E-state index in [1.807, 2.05) is 25.2 Å². The van der Waals surface area contributed by atoms with Crippen LogP contribution in [0.15, 0.2) is 23.8 Å². The molecule has 6 atom stereocenters. The van der Waals surface area contributed by atoms with Gasteiger partial charge in [0.2, 0.25) is 0 Å². The van der Waals surface area contributed by atoms with Crippen LogP contribution in [-0.2, 0) is 4.74 Å². The molecular weight excluding hydrogens is 316 g/mol. The average Bonchev–Trinajstić information content (AvgIpc) is 2.49. The molecule has 0 aliphatic heterocycles. The van der Waals surface area contributed by atoms with Crippen LogP contribution in [0.25, 0.3) is 0 Å². The van der Waals surface area contributed by atoms with Crippen LogP contribution in [0.1, 0.15) is 53.9 Å². The average molecular weight is 353 g/mol. The second kappa shape index (κ2) is 7.15. The van der Waals surface area contributed by atoms with Crippen molar-refractivity contribution in [1.82, 2.24) is 0 Å². The number of aliphatic hydroxyl groups is 3. The zero-order chi connectivity index (χ0) is 19.0. The van der Waals surface area contributed by atoms with Crippen molar-refractivity contribution >= 4 is 0 Å². The van der Waals surface area contributed by atoms with E-state index in [4.69, 9.17) is 4.74 Å². The second-order valence-corrected chi connectivity index (χ2v) is 9.23. The van der Waals surface area contributed by atoms with E-state index in [0.29, 0.717) is 6.61 Å². The molecule has 0 aromatic heterocycles. The highest BCUT2D eigenvalue weighted by atomic mass is 16.5. The van der Waals surface area contributed by atoms with Crippen molar-refractivity contribution in [3.05, 3.63) is 23.8 Å². The molecule has 2 aliphatic rings. The third kappa shape index (κ3) is 3.59. The van der Waals surface area contributed by atoms with Gasteiger partial charge in [-0.3, -0.25) is 0 Å². The molecule has 0 radical (unpaired) electrons. The summed E-state index contributed by atoms with van der Waals surface area (Å²) in [6, 6.07) is 0. The van der Waals surface area contributed by atoms with Gasteiger partial charge in [-0.05, 0) is 43.4 Å². The van der Waals surface area contributed by atoms with Gasteiger partial charge in [0.15, 0.2) is 0 Å². The summed E-state index contributed by atoms with van der Waals surface area (Å²) in [5.74, 6) is -0.282. The molecular formula is C21H36O4. The Kier molecular flexibility index (Phi) is 5.90. The van der Waals surface area contributed by atoms with E-state index in [1.165, 1.54) is 0 Å². The van der Waals surface area contributed by atoms with Gasteiger partial charge in [0.1, 0.15) is 6.10 Å². The van der Waals surface area contributed by atoms with Crippen LogP contribution in [0.5, 0.6) is 0 Å². The zero-order valence-electron chi connectivity index (χ0n) is 16.6. The van der Waals surface area contributed by atoms with Crippen LogP contribution in [0.4, 0.5) is 0 Å². The normalized spacial score (nSPS) is 44.8. The van der Waals surface area contributed by atoms with Crippen molar-refractivity contribution < 1.29 is 20.1 Å². The van der Waals surface area contributed by atoms with Gasteiger partial charge < -0.3 is 20.1 Å². The van der Waals surface area contributed by atoms with E-state index in [-0.39, 0.29) is 22.7 Å². The number of allylic oxidation sites excluding steroid dienone is 2. The molecule has 3 N–H and O–H groups in total. The second-order valence-electron chi connectivity index (χ2n) is 9.23. The lowest BCUT2D eigenvalue weighted by molar-refractivity contribution is -0.255. The first-order valence-electron chi connectivity index (χ1n) is 9.41. The van der Waals surface area contributed by atoms with Crippen LogP contribution in [0, 0.1) is 22.7 Å². The molecule has 4 nitrogen and oxygen atoms in total. The Morgan fingerprint density at radius 3 is 2.40 bits per heavy atom. The lowest BCUT2D eigenvalue weighted by atomic mass is 9.44. The number of fused-ring (bicyclic) bond motifs is 1. The number of ether oxygens (including phenoxy) is 1. The third-order valence-corrected chi connectivity index (χ3v) is 6.82. The minimum absolute atomic E-state index is 0.0538. The van der Waals surface area contributed by atoms with Crippen LogP contribution in [-0.4, -0.2) is 46.8 Å². The van der Waals surface area contributed by atoms with Crippen LogP contribution < -0.4 is 0 Å². The number of aliphatic hydroxyl groups excluding tert-OH is 2. The van der Waals surface area contributed by atoms with E-state index < -0.39 is 17.8 Å². The SMILES string of the molecule is COC/C=C(C)\C=C\[C@H]1[C@](C)(O)[C@@H](O)[C@H](O)C2C(C)(C)CCC[C@@]21C. The summed E-state index contributed by atoms with van der Waals surface area (Å²) in [6.07, 6.45) is 7.01. The molecule has 0 amide bonds. The van der Waals surface area contributed by atoms with Crippen molar-refractivity contribution in [3.63, 3.8) is 0 Å². The topological polar surface area (TPSA) is 69.9 Å². The molecule has 0 bridgehead atoms. The predicted octanol–water partition coefficient (Wildman–Crippen LogP) is 3.07. The molecule has 0 heterocycles. The fourth-order valence-corrected chi connectivity index (χ4v) is 5.65. The fourth-order valence-electron chi connectivity index (χ4n) is 5.65. The first-order chi connectivity index (χ1) is 11.5. The Morgan fingerprint density at radius 2 is 1.80 bits per heavy atom. The lowest BCUT2D eigenvalue weighted by Gasteiger charge is -2.63. The summed E-state index contributed by atoms with van der Waals surface area (Å²) in [4.78, 5) is 0. The van der Waals surface area contributed by atoms with Gasteiger partial charge in [-0.15, -0.1) is 0 Å². The Morgan fingerprint density at radius 1 is 1.16 bits per heavy atom. The molecule has 144 valence electrons. The summed E-state index contributed by atoms with van der Waals surface area (Å²) in [7, 11) is 1.66. The van der Waals surface area contributed by atoms with Gasteiger partial charge in [0.25, 0.3) is 0 Å². The molecule has 2 aliphatic carbocycles. The van der Waals surface area contributed by atoms with Crippen molar-refractivity contribution in [2.75, 3.05) is 13.7 Å². The van der Waals surface area contributed by atoms with Gasteiger partial charge in [0, 0.05) is 13.0 Å². The molecule has 2 rings (SSSR count). The van der Waals surface area contributed by atoms with Crippen molar-refractivity contribution in [2.45, 2.75) is 71.7 Å². The van der Waals surface area contributed by atoms with Crippen molar-refractivity contribution in [3.8, 4) is 0 Å². The summed E-state index contributed by atoms with van der Waals surface area (Å²) in [5, 5.41) is 32.7. The highest BCUT2D eigenvalue weighted by molar-refractivity contribution is 5.24. The molecule has 0 spiro atoms. The zero-order valence-corrected chi connectivity index (χ0v) is 16.6. The van der Waals surface area contributed by atoms with Crippen LogP contribution in [0.2, 0.25) is 0 Å². The molecule has 0 aromatic carbocycles. The maximum atomic E-state index is 11.1. The molecule has 0 aromatic rings. The smallest absolute Gasteiger partial charge is 0.109 e. The fraction of sp³-hybridized carbons (Fsp3) is 0.810. The van der Waals surface area contributed by atoms with E-state index in [2.05, 4.69) is 20.8 Å². The summed E-state index contributed by atoms with van der Waals surface area (Å²) in [5.41, 5.74) is -0.636. The quantitative estimate of drug-likeness (QED) is 0.680. The van der Waals surface area contributed by atoms with Crippen molar-refractivity contribution in [1.29, 1.82) is 0 Å². The minimum atomic E-state index is -1.36. The molecule has 2 saturated carbocycles. The molecule has 25 heavy (non-hydrogen) atoms. The Hall–Kier alpha value is -0.680. The highest BCUT2D eigenvalue weighted by Crippen LogP contribution is 2.62. The van der Waals surface area contributed by atoms with E-state index in [0.717, 1.165) is 24.8 Å². The first-order valence-corrected chi connectivity index (χ1v) is 9.41. The number of hydrogen-bond donors (Lipinski definition) is 3. The number of rotatable bonds is 4. The van der Waals surface area contributed by atoms with E-state index in [9.17, 15) is 15.3 Å². The molecule has 1 unspecified atom stereocenters. The monoisotopic (exact) mass is 352 g/mol. The maximum Gasteiger partial charge on any atom is 0.109 e. The van der Waals surface area contributed by atoms with Gasteiger partial charge in [-0.2, -0.15) is 0 Å². The van der Waals surface area contributed by atoms with E-state index in [1.54, 1.807) is 14.0 Å². The number of hydrogen-bond acceptors (Lipinski definition) is 4. The lowest BCUT2D eigenvalue weighted by Crippen LogP contribution is -2.69. The summed E-state index contributed by atoms with van der Waals surface area (Å²) in [6.45, 7) is 10.7. The number of methoxy groups -OCH3 is 1. The molecule has 4 heteroatoms. The molecule has 2 fully saturated rings. The summed E-state index contributed by atoms with van der Waals surface area (Å²) < 4.78 is 5.08. The van der Waals surface area contributed by atoms with Gasteiger partial charge in [-0.1, -0.05) is 51.0 Å². The highest BCUT2D eigenvalue weighted by Gasteiger charge is 2.64. The Bertz CT molecular complexity index is 534. The third-order valence-electron chi connectivity index (χ3n) is 6.82. The van der Waals surface area contributed by atoms with Crippen LogP contribution in [0.3, 0.4) is 0 Å². The van der Waals surface area contributed by atoms with Crippen molar-refractivity contribution in [2.24, 2.45) is 22.7 Å². The Labute approximate surface area is 152 Å². The predicted molar refractivity (Wildman–Crippen MR) is 100 cm³/mol. The Balaban J connectivity index is 2.45. The molecule has 0 saturated heterocycles. The minimum Gasteiger partial charge on any atom is -0.390 e. The van der Waals surface area contributed by atoms with Gasteiger partial charge in [-0.25, -0.2) is 0 Å². The van der Waals surface area contributed by atoms with Crippen LogP contribution >= 0.6 is 0 Å².